The van der Waals surface area contributed by atoms with Crippen LogP contribution in [0.4, 0.5) is 0 Å². The number of hydrogen-bond acceptors (Lipinski definition) is 4. The fourth-order valence-corrected chi connectivity index (χ4v) is 2.25. The van der Waals surface area contributed by atoms with Crippen molar-refractivity contribution < 1.29 is 15.0 Å². The van der Waals surface area contributed by atoms with Gasteiger partial charge in [-0.3, -0.25) is 9.48 Å². The molecule has 0 saturated carbocycles. The fraction of sp³-hybridized carbons (Fsp3) is 0.312. The Kier molecular flexibility index (Phi) is 4.03. The average Bonchev–Trinajstić information content (AvgIpc) is 2.42. The van der Waals surface area contributed by atoms with Crippen LogP contribution in [0.15, 0.2) is 35.3 Å². The average molecular weight is 302 g/mol. The van der Waals surface area contributed by atoms with Crippen molar-refractivity contribution in [3.8, 4) is 5.75 Å². The fourth-order valence-electron chi connectivity index (χ4n) is 2.25. The molecule has 0 aliphatic heterocycles. The summed E-state index contributed by atoms with van der Waals surface area (Å²) in [4.78, 5) is 22.5. The van der Waals surface area contributed by atoms with Crippen LogP contribution < -0.4 is 5.43 Å². The Balaban J connectivity index is 2.39. The van der Waals surface area contributed by atoms with Gasteiger partial charge >= 0.3 is 5.97 Å². The first-order valence-electron chi connectivity index (χ1n) is 6.82. The Labute approximate surface area is 127 Å². The molecule has 6 nitrogen and oxygen atoms in total. The summed E-state index contributed by atoms with van der Waals surface area (Å²) >= 11 is 0. The maximum absolute atomic E-state index is 11.5. The number of hydrogen-bond donors (Lipinski definition) is 2. The second-order valence-corrected chi connectivity index (χ2v) is 5.94. The highest BCUT2D eigenvalue weighted by molar-refractivity contribution is 5.85. The minimum atomic E-state index is -1.46. The van der Waals surface area contributed by atoms with Gasteiger partial charge in [-0.25, -0.2) is 4.79 Å². The molecule has 0 aliphatic rings. The van der Waals surface area contributed by atoms with E-state index in [-0.39, 0.29) is 5.41 Å². The van der Waals surface area contributed by atoms with Crippen LogP contribution in [0.1, 0.15) is 35.5 Å². The van der Waals surface area contributed by atoms with Crippen molar-refractivity contribution in [1.82, 2.24) is 9.78 Å². The van der Waals surface area contributed by atoms with Crippen molar-refractivity contribution in [3.05, 3.63) is 57.5 Å². The van der Waals surface area contributed by atoms with E-state index in [1.54, 1.807) is 0 Å². The molecule has 0 radical (unpaired) electrons. The lowest BCUT2D eigenvalue weighted by Crippen LogP contribution is -2.29. The number of aromatic carboxylic acids is 1. The number of aryl methyl sites for hydroxylation is 1. The van der Waals surface area contributed by atoms with Crippen LogP contribution in [0.3, 0.4) is 0 Å². The lowest BCUT2D eigenvalue weighted by molar-refractivity contribution is 0.0684. The third-order valence-electron chi connectivity index (χ3n) is 3.54. The topological polar surface area (TPSA) is 92.4 Å². The maximum Gasteiger partial charge on any atom is 0.360 e. The van der Waals surface area contributed by atoms with Crippen LogP contribution in [-0.2, 0) is 12.0 Å². The van der Waals surface area contributed by atoms with Gasteiger partial charge in [-0.2, -0.15) is 5.10 Å². The van der Waals surface area contributed by atoms with Crippen molar-refractivity contribution in [2.45, 2.75) is 32.7 Å². The molecule has 0 aliphatic carbocycles. The van der Waals surface area contributed by atoms with Gasteiger partial charge in [0.05, 0.1) is 12.7 Å². The molecule has 2 aromatic rings. The number of carbonyl (C=O) groups is 1. The van der Waals surface area contributed by atoms with Gasteiger partial charge in [-0.05, 0) is 12.5 Å². The molecule has 0 spiro atoms. The van der Waals surface area contributed by atoms with Crippen LogP contribution in [0.2, 0.25) is 0 Å². The van der Waals surface area contributed by atoms with Gasteiger partial charge in [0.25, 0.3) is 5.43 Å². The van der Waals surface area contributed by atoms with E-state index in [1.807, 2.05) is 45.0 Å². The lowest BCUT2D eigenvalue weighted by atomic mass is 9.84. The first-order valence-corrected chi connectivity index (χ1v) is 6.82. The van der Waals surface area contributed by atoms with E-state index < -0.39 is 22.8 Å². The smallest absolute Gasteiger partial charge is 0.360 e. The van der Waals surface area contributed by atoms with Gasteiger partial charge in [-0.1, -0.05) is 43.7 Å². The predicted octanol–water partition coefficient (Wildman–Crippen LogP) is 1.93. The first kappa shape index (κ1) is 15.8. The van der Waals surface area contributed by atoms with E-state index in [1.165, 1.54) is 4.68 Å². The van der Waals surface area contributed by atoms with Gasteiger partial charge in [0.15, 0.2) is 5.75 Å². The second kappa shape index (κ2) is 5.63. The summed E-state index contributed by atoms with van der Waals surface area (Å²) in [5, 5.41) is 22.4. The van der Waals surface area contributed by atoms with E-state index in [0.29, 0.717) is 6.54 Å². The number of rotatable bonds is 4. The zero-order valence-corrected chi connectivity index (χ0v) is 12.7. The highest BCUT2D eigenvalue weighted by Gasteiger charge is 2.23. The summed E-state index contributed by atoms with van der Waals surface area (Å²) in [6.07, 6.45) is 1.16. The molecule has 0 saturated heterocycles. The van der Waals surface area contributed by atoms with Crippen LogP contribution in [0.25, 0.3) is 0 Å². The van der Waals surface area contributed by atoms with E-state index in [4.69, 9.17) is 5.11 Å². The molecule has 0 atom stereocenters. The van der Waals surface area contributed by atoms with Gasteiger partial charge in [-0.15, -0.1) is 0 Å². The molecule has 2 rings (SSSR count). The molecular weight excluding hydrogens is 284 g/mol. The number of benzene rings is 1. The lowest BCUT2D eigenvalue weighted by Gasteiger charge is -2.26. The van der Waals surface area contributed by atoms with Crippen molar-refractivity contribution in [1.29, 1.82) is 0 Å². The monoisotopic (exact) mass is 302 g/mol. The Bertz CT molecular complexity index is 761. The highest BCUT2D eigenvalue weighted by atomic mass is 16.4. The first-order chi connectivity index (χ1) is 10.2. The van der Waals surface area contributed by atoms with Gasteiger partial charge in [0.1, 0.15) is 0 Å². The zero-order chi connectivity index (χ0) is 16.5. The quantitative estimate of drug-likeness (QED) is 0.900. The molecule has 0 bridgehead atoms. The van der Waals surface area contributed by atoms with Gasteiger partial charge in [0, 0.05) is 5.41 Å². The van der Waals surface area contributed by atoms with Crippen molar-refractivity contribution in [3.63, 3.8) is 0 Å². The summed E-state index contributed by atoms with van der Waals surface area (Å²) in [5.74, 6) is -2.07. The Morgan fingerprint density at radius 3 is 2.41 bits per heavy atom. The molecular formula is C16H18N2O4. The molecule has 1 heterocycles. The molecule has 0 amide bonds. The van der Waals surface area contributed by atoms with E-state index >= 15 is 0 Å². The normalized spacial score (nSPS) is 11.4. The summed E-state index contributed by atoms with van der Waals surface area (Å²) in [6, 6.07) is 7.98. The van der Waals surface area contributed by atoms with Crippen LogP contribution >= 0.6 is 0 Å². The van der Waals surface area contributed by atoms with Gasteiger partial charge < -0.3 is 10.2 Å². The Morgan fingerprint density at radius 1 is 1.27 bits per heavy atom. The molecule has 6 heteroatoms. The number of carboxylic acids is 1. The van der Waals surface area contributed by atoms with Crippen LogP contribution in [-0.4, -0.2) is 26.0 Å². The standard InChI is InChI=1S/C16H18N2O4/c1-10-4-6-11(7-5-10)16(2,3)9-18-8-12(19)14(20)13(17-18)15(21)22/h4-8,19H,9H2,1-3H3,(H,21,22). The molecule has 0 fully saturated rings. The number of nitrogens with zero attached hydrogens (tertiary/aromatic N) is 2. The second-order valence-electron chi connectivity index (χ2n) is 5.94. The molecule has 116 valence electrons. The summed E-state index contributed by atoms with van der Waals surface area (Å²) in [7, 11) is 0. The predicted molar refractivity (Wildman–Crippen MR) is 81.3 cm³/mol. The minimum Gasteiger partial charge on any atom is -0.503 e. The highest BCUT2D eigenvalue weighted by Crippen LogP contribution is 2.25. The largest absolute Gasteiger partial charge is 0.503 e. The number of aromatic nitrogens is 2. The van der Waals surface area contributed by atoms with E-state index in [0.717, 1.165) is 17.3 Å². The SMILES string of the molecule is Cc1ccc(C(C)(C)Cn2cc(O)c(=O)c(C(=O)O)n2)cc1. The van der Waals surface area contributed by atoms with Crippen LogP contribution in [0.5, 0.6) is 5.75 Å². The zero-order valence-electron chi connectivity index (χ0n) is 12.7. The molecule has 1 aromatic heterocycles. The molecule has 2 N–H and O–H groups in total. The van der Waals surface area contributed by atoms with Crippen molar-refractivity contribution in [2.24, 2.45) is 0 Å². The van der Waals surface area contributed by atoms with Crippen molar-refractivity contribution in [2.75, 3.05) is 0 Å². The maximum atomic E-state index is 11.5. The third kappa shape index (κ3) is 3.16. The molecule has 0 unspecified atom stereocenters. The molecule has 22 heavy (non-hydrogen) atoms. The Morgan fingerprint density at radius 2 is 1.86 bits per heavy atom. The van der Waals surface area contributed by atoms with E-state index in [2.05, 4.69) is 5.10 Å². The Hall–Kier alpha value is -2.63. The minimum absolute atomic E-state index is 0.324. The summed E-state index contributed by atoms with van der Waals surface area (Å²) < 4.78 is 1.29. The number of aromatic hydroxyl groups is 1. The van der Waals surface area contributed by atoms with Gasteiger partial charge in [0.2, 0.25) is 5.69 Å². The van der Waals surface area contributed by atoms with Crippen LogP contribution in [0, 0.1) is 6.92 Å². The summed E-state index contributed by atoms with van der Waals surface area (Å²) in [5.41, 5.74) is 0.191. The number of carboxylic acid groups (broad SMARTS) is 1. The third-order valence-corrected chi connectivity index (χ3v) is 3.54. The molecule has 1 aromatic carbocycles. The van der Waals surface area contributed by atoms with Crippen molar-refractivity contribution >= 4 is 5.97 Å². The van der Waals surface area contributed by atoms with E-state index in [9.17, 15) is 14.7 Å². The summed E-state index contributed by atoms with van der Waals surface area (Å²) in [6.45, 7) is 6.28.